The van der Waals surface area contributed by atoms with E-state index in [4.69, 9.17) is 5.73 Å². The molecule has 0 saturated carbocycles. The Labute approximate surface area is 112 Å². The summed E-state index contributed by atoms with van der Waals surface area (Å²) >= 11 is 0. The fraction of sp³-hybridized carbons (Fsp3) is 0.250. The number of aromatic nitrogens is 2. The van der Waals surface area contributed by atoms with E-state index in [0.717, 1.165) is 5.56 Å². The molecule has 1 aromatic carbocycles. The van der Waals surface area contributed by atoms with Crippen LogP contribution in [0.4, 0.5) is 11.4 Å². The van der Waals surface area contributed by atoms with Crippen LogP contribution in [0.3, 0.4) is 0 Å². The van der Waals surface area contributed by atoms with Crippen molar-refractivity contribution in [3.63, 3.8) is 0 Å². The van der Waals surface area contributed by atoms with Gasteiger partial charge in [-0.1, -0.05) is 6.07 Å². The van der Waals surface area contributed by atoms with Crippen molar-refractivity contribution >= 4 is 21.4 Å². The SMILES string of the molecule is Cc1ccc(N)c(C)c1NS(=O)(=O)c1ccnn1C. The van der Waals surface area contributed by atoms with Gasteiger partial charge in [0.2, 0.25) is 0 Å². The van der Waals surface area contributed by atoms with Crippen LogP contribution in [-0.4, -0.2) is 18.2 Å². The number of hydrogen-bond acceptors (Lipinski definition) is 4. The van der Waals surface area contributed by atoms with Crippen LogP contribution in [0.25, 0.3) is 0 Å². The highest BCUT2D eigenvalue weighted by atomic mass is 32.2. The second-order valence-corrected chi connectivity index (χ2v) is 6.00. The van der Waals surface area contributed by atoms with Crippen molar-refractivity contribution < 1.29 is 8.42 Å². The summed E-state index contributed by atoms with van der Waals surface area (Å²) in [5, 5.41) is 3.97. The molecule has 0 radical (unpaired) electrons. The minimum atomic E-state index is -3.67. The van der Waals surface area contributed by atoms with Gasteiger partial charge < -0.3 is 5.73 Å². The third-order valence-corrected chi connectivity index (χ3v) is 4.43. The number of aryl methyl sites for hydroxylation is 2. The molecule has 0 aliphatic rings. The summed E-state index contributed by atoms with van der Waals surface area (Å²) in [5.41, 5.74) is 8.40. The molecule has 0 amide bonds. The Balaban J connectivity index is 2.48. The molecule has 0 fully saturated rings. The molecular formula is C12H16N4O2S. The maximum atomic E-state index is 12.3. The largest absolute Gasteiger partial charge is 0.398 e. The molecule has 0 saturated heterocycles. The average Bonchev–Trinajstić information content (AvgIpc) is 2.77. The van der Waals surface area contributed by atoms with Crippen molar-refractivity contribution in [2.45, 2.75) is 18.9 Å². The molecule has 0 aliphatic heterocycles. The Kier molecular flexibility index (Phi) is 3.23. The lowest BCUT2D eigenvalue weighted by Gasteiger charge is -2.14. The topological polar surface area (TPSA) is 90.0 Å². The molecule has 102 valence electrons. The highest BCUT2D eigenvalue weighted by Crippen LogP contribution is 2.27. The molecule has 0 unspecified atom stereocenters. The third kappa shape index (κ3) is 2.41. The molecule has 1 heterocycles. The fourth-order valence-corrected chi connectivity index (χ4v) is 3.15. The lowest BCUT2D eigenvalue weighted by molar-refractivity contribution is 0.582. The highest BCUT2D eigenvalue weighted by Gasteiger charge is 2.20. The van der Waals surface area contributed by atoms with Crippen molar-refractivity contribution in [1.82, 2.24) is 9.78 Å². The molecular weight excluding hydrogens is 264 g/mol. The maximum Gasteiger partial charge on any atom is 0.279 e. The summed E-state index contributed by atoms with van der Waals surface area (Å²) in [6.07, 6.45) is 1.44. The Morgan fingerprint density at radius 3 is 2.53 bits per heavy atom. The lowest BCUT2D eigenvalue weighted by Crippen LogP contribution is -2.18. The van der Waals surface area contributed by atoms with Gasteiger partial charge in [0.1, 0.15) is 0 Å². The standard InChI is InChI=1S/C12H16N4O2S/c1-8-4-5-10(13)9(2)12(8)15-19(17,18)11-6-7-14-16(11)3/h4-7,15H,13H2,1-3H3. The average molecular weight is 280 g/mol. The van der Waals surface area contributed by atoms with Gasteiger partial charge in [-0.2, -0.15) is 13.5 Å². The van der Waals surface area contributed by atoms with Crippen molar-refractivity contribution in [2.24, 2.45) is 7.05 Å². The molecule has 2 rings (SSSR count). The Hall–Kier alpha value is -2.02. The first-order chi connectivity index (χ1) is 8.83. The zero-order valence-corrected chi connectivity index (χ0v) is 11.8. The van der Waals surface area contributed by atoms with Gasteiger partial charge in [0.25, 0.3) is 10.0 Å². The highest BCUT2D eigenvalue weighted by molar-refractivity contribution is 7.92. The quantitative estimate of drug-likeness (QED) is 0.832. The minimum Gasteiger partial charge on any atom is -0.398 e. The molecule has 1 aromatic heterocycles. The number of rotatable bonds is 3. The Morgan fingerprint density at radius 1 is 1.26 bits per heavy atom. The van der Waals surface area contributed by atoms with E-state index in [-0.39, 0.29) is 5.03 Å². The Morgan fingerprint density at radius 2 is 1.95 bits per heavy atom. The van der Waals surface area contributed by atoms with Crippen LogP contribution in [0.5, 0.6) is 0 Å². The molecule has 19 heavy (non-hydrogen) atoms. The van der Waals surface area contributed by atoms with Gasteiger partial charge in [-0.05, 0) is 37.1 Å². The molecule has 0 bridgehead atoms. The molecule has 0 aliphatic carbocycles. The van der Waals surface area contributed by atoms with Crippen LogP contribution >= 0.6 is 0 Å². The zero-order chi connectivity index (χ0) is 14.2. The molecule has 0 spiro atoms. The van der Waals surface area contributed by atoms with Gasteiger partial charge in [-0.3, -0.25) is 9.40 Å². The first-order valence-electron chi connectivity index (χ1n) is 5.69. The van der Waals surface area contributed by atoms with Gasteiger partial charge in [-0.15, -0.1) is 0 Å². The van der Waals surface area contributed by atoms with Crippen LogP contribution in [-0.2, 0) is 17.1 Å². The zero-order valence-electron chi connectivity index (χ0n) is 11.0. The summed E-state index contributed by atoms with van der Waals surface area (Å²) in [6.45, 7) is 3.61. The lowest BCUT2D eigenvalue weighted by atomic mass is 10.1. The van der Waals surface area contributed by atoms with Crippen LogP contribution in [0, 0.1) is 13.8 Å². The van der Waals surface area contributed by atoms with Crippen molar-refractivity contribution in [1.29, 1.82) is 0 Å². The number of hydrogen-bond donors (Lipinski definition) is 2. The van der Waals surface area contributed by atoms with Crippen molar-refractivity contribution in [3.05, 3.63) is 35.5 Å². The number of nitrogens with two attached hydrogens (primary N) is 1. The van der Waals surface area contributed by atoms with E-state index < -0.39 is 10.0 Å². The van der Waals surface area contributed by atoms with E-state index in [1.807, 2.05) is 6.92 Å². The van der Waals surface area contributed by atoms with E-state index in [2.05, 4.69) is 9.82 Å². The number of benzene rings is 1. The molecule has 2 aromatic rings. The first-order valence-corrected chi connectivity index (χ1v) is 7.18. The van der Waals surface area contributed by atoms with E-state index in [9.17, 15) is 8.42 Å². The summed E-state index contributed by atoms with van der Waals surface area (Å²) in [4.78, 5) is 0. The molecule has 6 nitrogen and oxygen atoms in total. The monoisotopic (exact) mass is 280 g/mol. The van der Waals surface area contributed by atoms with Crippen LogP contribution in [0.1, 0.15) is 11.1 Å². The summed E-state index contributed by atoms with van der Waals surface area (Å²) in [6, 6.07) is 4.98. The predicted octanol–water partition coefficient (Wildman–Crippen LogP) is 1.42. The summed E-state index contributed by atoms with van der Waals surface area (Å²) < 4.78 is 28.4. The van der Waals surface area contributed by atoms with Crippen LogP contribution < -0.4 is 10.5 Å². The Bertz CT molecular complexity index is 719. The predicted molar refractivity (Wildman–Crippen MR) is 74.3 cm³/mol. The number of nitrogens with zero attached hydrogens (tertiary/aromatic N) is 2. The van der Waals surface area contributed by atoms with Gasteiger partial charge in [0.15, 0.2) is 5.03 Å². The van der Waals surface area contributed by atoms with E-state index in [1.54, 1.807) is 26.1 Å². The van der Waals surface area contributed by atoms with E-state index in [0.29, 0.717) is 16.9 Å². The van der Waals surface area contributed by atoms with Crippen LogP contribution in [0.2, 0.25) is 0 Å². The number of anilines is 2. The number of nitrogens with one attached hydrogen (secondary N) is 1. The van der Waals surface area contributed by atoms with Crippen molar-refractivity contribution in [2.75, 3.05) is 10.5 Å². The van der Waals surface area contributed by atoms with Gasteiger partial charge >= 0.3 is 0 Å². The third-order valence-electron chi connectivity index (χ3n) is 3.00. The molecule has 0 atom stereocenters. The van der Waals surface area contributed by atoms with Crippen LogP contribution in [0.15, 0.2) is 29.4 Å². The summed E-state index contributed by atoms with van der Waals surface area (Å²) in [7, 11) is -2.09. The van der Waals surface area contributed by atoms with E-state index in [1.165, 1.54) is 16.9 Å². The normalized spacial score (nSPS) is 11.5. The summed E-state index contributed by atoms with van der Waals surface area (Å²) in [5.74, 6) is 0. The van der Waals surface area contributed by atoms with Gasteiger partial charge in [-0.25, -0.2) is 0 Å². The fourth-order valence-electron chi connectivity index (χ4n) is 1.83. The van der Waals surface area contributed by atoms with E-state index >= 15 is 0 Å². The number of nitrogen functional groups attached to an aromatic ring is 1. The van der Waals surface area contributed by atoms with Gasteiger partial charge in [0, 0.05) is 12.7 Å². The minimum absolute atomic E-state index is 0.105. The van der Waals surface area contributed by atoms with Crippen molar-refractivity contribution in [3.8, 4) is 0 Å². The first kappa shape index (κ1) is 13.4. The smallest absolute Gasteiger partial charge is 0.279 e. The maximum absolute atomic E-state index is 12.3. The molecule has 3 N–H and O–H groups in total. The van der Waals surface area contributed by atoms with Gasteiger partial charge in [0.05, 0.1) is 11.9 Å². The second kappa shape index (κ2) is 4.58. The number of sulfonamides is 1. The second-order valence-electron chi connectivity index (χ2n) is 4.37. The molecule has 7 heteroatoms.